The molecule has 230 valence electrons. The fourth-order valence-corrected chi connectivity index (χ4v) is 6.38. The van der Waals surface area contributed by atoms with Crippen LogP contribution < -0.4 is 0 Å². The lowest BCUT2D eigenvalue weighted by atomic mass is 9.98. The van der Waals surface area contributed by atoms with E-state index >= 15 is 0 Å². The van der Waals surface area contributed by atoms with E-state index in [-0.39, 0.29) is 0 Å². The van der Waals surface area contributed by atoms with Gasteiger partial charge >= 0.3 is 0 Å². The Morgan fingerprint density at radius 2 is 0.980 bits per heavy atom. The number of para-hydroxylation sites is 1. The van der Waals surface area contributed by atoms with Gasteiger partial charge in [-0.3, -0.25) is 4.98 Å². The van der Waals surface area contributed by atoms with Crippen molar-refractivity contribution in [2.45, 2.75) is 0 Å². The predicted octanol–water partition coefficient (Wildman–Crippen LogP) is 11.2. The first kappa shape index (κ1) is 28.5. The summed E-state index contributed by atoms with van der Waals surface area (Å²) in [6, 6.07) is 55.5. The van der Waals surface area contributed by atoms with Crippen molar-refractivity contribution in [3.05, 3.63) is 170 Å². The van der Waals surface area contributed by atoms with Crippen LogP contribution in [0.1, 0.15) is 0 Å². The van der Waals surface area contributed by atoms with Crippen molar-refractivity contribution < 1.29 is 4.42 Å². The van der Waals surface area contributed by atoms with E-state index in [4.69, 9.17) is 24.4 Å². The van der Waals surface area contributed by atoms with Gasteiger partial charge in [0.25, 0.3) is 0 Å². The van der Waals surface area contributed by atoms with Gasteiger partial charge in [0.05, 0.1) is 11.3 Å². The molecular formula is C44H28N4O. The molecule has 9 rings (SSSR count). The van der Waals surface area contributed by atoms with E-state index in [9.17, 15) is 0 Å². The molecule has 0 saturated heterocycles. The summed E-state index contributed by atoms with van der Waals surface area (Å²) in [4.78, 5) is 20.3. The Morgan fingerprint density at radius 1 is 0.388 bits per heavy atom. The molecule has 0 unspecified atom stereocenters. The van der Waals surface area contributed by atoms with E-state index in [1.54, 1.807) is 0 Å². The molecule has 0 fully saturated rings. The topological polar surface area (TPSA) is 64.7 Å². The molecule has 3 heterocycles. The highest BCUT2D eigenvalue weighted by Crippen LogP contribution is 2.41. The molecule has 0 N–H and O–H groups in total. The minimum atomic E-state index is 0.516. The van der Waals surface area contributed by atoms with E-state index in [0.717, 1.165) is 66.6 Å². The van der Waals surface area contributed by atoms with Crippen LogP contribution in [0.3, 0.4) is 0 Å². The predicted molar refractivity (Wildman–Crippen MR) is 198 cm³/mol. The lowest BCUT2D eigenvalue weighted by Gasteiger charge is -2.13. The molecule has 9 aromatic rings. The summed E-state index contributed by atoms with van der Waals surface area (Å²) in [5.74, 6) is 1.67. The van der Waals surface area contributed by atoms with Gasteiger partial charge in [-0.05, 0) is 41.0 Å². The van der Waals surface area contributed by atoms with E-state index in [1.807, 2.05) is 103 Å². The second-order valence-electron chi connectivity index (χ2n) is 11.9. The Balaban J connectivity index is 1.29. The van der Waals surface area contributed by atoms with Gasteiger partial charge < -0.3 is 4.42 Å². The lowest BCUT2D eigenvalue weighted by molar-refractivity contribution is 0.669. The van der Waals surface area contributed by atoms with Gasteiger partial charge in [-0.25, -0.2) is 15.0 Å². The molecule has 0 bridgehead atoms. The van der Waals surface area contributed by atoms with Crippen LogP contribution >= 0.6 is 0 Å². The van der Waals surface area contributed by atoms with E-state index in [0.29, 0.717) is 23.1 Å². The van der Waals surface area contributed by atoms with Crippen LogP contribution in [0.25, 0.3) is 89.6 Å². The fraction of sp³-hybridized carbons (Fsp3) is 0. The average Bonchev–Trinajstić information content (AvgIpc) is 3.57. The summed E-state index contributed by atoms with van der Waals surface area (Å²) in [5, 5.41) is 2.02. The van der Waals surface area contributed by atoms with Crippen molar-refractivity contribution in [2.75, 3.05) is 0 Å². The van der Waals surface area contributed by atoms with Crippen LogP contribution in [0, 0.1) is 0 Å². The standard InChI is InChI=1S/C44H28N4O/c1-4-13-29(14-5-1)32-19-12-20-33(27-32)43-46-42(31-17-8-3-9-18-31)47-44(48-43)40-37(25-24-36-35-21-10-11-22-39(35)49-41(36)40)38-26-23-34(28-45-38)30-15-6-2-7-16-30/h1-28H. The minimum absolute atomic E-state index is 0.516. The lowest BCUT2D eigenvalue weighted by Crippen LogP contribution is -2.02. The average molecular weight is 629 g/mol. The largest absolute Gasteiger partial charge is 0.455 e. The van der Waals surface area contributed by atoms with Crippen molar-refractivity contribution in [2.24, 2.45) is 0 Å². The number of hydrogen-bond acceptors (Lipinski definition) is 5. The van der Waals surface area contributed by atoms with Crippen LogP contribution in [-0.4, -0.2) is 19.9 Å². The Hall–Kier alpha value is -6.72. The van der Waals surface area contributed by atoms with Gasteiger partial charge in [0.2, 0.25) is 0 Å². The van der Waals surface area contributed by atoms with Crippen LogP contribution in [0.2, 0.25) is 0 Å². The highest BCUT2D eigenvalue weighted by atomic mass is 16.3. The number of hydrogen-bond donors (Lipinski definition) is 0. The second-order valence-corrected chi connectivity index (χ2v) is 11.9. The van der Waals surface area contributed by atoms with Crippen LogP contribution in [0.5, 0.6) is 0 Å². The van der Waals surface area contributed by atoms with Gasteiger partial charge in [0.1, 0.15) is 11.2 Å². The zero-order valence-electron chi connectivity index (χ0n) is 26.4. The summed E-state index contributed by atoms with van der Waals surface area (Å²) >= 11 is 0. The molecular weight excluding hydrogens is 601 g/mol. The number of benzene rings is 6. The Morgan fingerprint density at radius 3 is 1.69 bits per heavy atom. The van der Waals surface area contributed by atoms with Crippen molar-refractivity contribution in [1.82, 2.24) is 19.9 Å². The van der Waals surface area contributed by atoms with Gasteiger partial charge in [-0.1, -0.05) is 140 Å². The molecule has 0 aliphatic rings. The third-order valence-corrected chi connectivity index (χ3v) is 8.81. The van der Waals surface area contributed by atoms with Crippen molar-refractivity contribution >= 4 is 21.9 Å². The number of fused-ring (bicyclic) bond motifs is 3. The van der Waals surface area contributed by atoms with Gasteiger partial charge in [-0.2, -0.15) is 0 Å². The highest BCUT2D eigenvalue weighted by molar-refractivity contribution is 6.12. The molecule has 3 aromatic heterocycles. The van der Waals surface area contributed by atoms with Crippen LogP contribution in [0.15, 0.2) is 174 Å². The fourth-order valence-electron chi connectivity index (χ4n) is 6.38. The molecule has 0 atom stereocenters. The van der Waals surface area contributed by atoms with Crippen LogP contribution in [-0.2, 0) is 0 Å². The molecule has 0 aliphatic heterocycles. The van der Waals surface area contributed by atoms with E-state index in [1.165, 1.54) is 0 Å². The molecule has 0 aliphatic carbocycles. The number of furan rings is 1. The summed E-state index contributed by atoms with van der Waals surface area (Å²) in [7, 11) is 0. The smallest absolute Gasteiger partial charge is 0.168 e. The minimum Gasteiger partial charge on any atom is -0.455 e. The Kier molecular flexibility index (Phi) is 7.06. The molecule has 0 amide bonds. The van der Waals surface area contributed by atoms with Gasteiger partial charge in [0.15, 0.2) is 17.5 Å². The Bertz CT molecular complexity index is 2580. The first-order valence-electron chi connectivity index (χ1n) is 16.2. The van der Waals surface area contributed by atoms with Crippen molar-refractivity contribution in [1.29, 1.82) is 0 Å². The second kappa shape index (κ2) is 12.1. The zero-order chi connectivity index (χ0) is 32.6. The number of rotatable bonds is 6. The molecule has 6 aromatic carbocycles. The third kappa shape index (κ3) is 5.33. The van der Waals surface area contributed by atoms with Crippen LogP contribution in [0.4, 0.5) is 0 Å². The monoisotopic (exact) mass is 628 g/mol. The summed E-state index contributed by atoms with van der Waals surface area (Å²) in [6.07, 6.45) is 1.92. The highest BCUT2D eigenvalue weighted by Gasteiger charge is 2.22. The number of nitrogens with zero attached hydrogens (tertiary/aromatic N) is 4. The summed E-state index contributed by atoms with van der Waals surface area (Å²) < 4.78 is 6.63. The quantitative estimate of drug-likeness (QED) is 0.183. The van der Waals surface area contributed by atoms with Crippen molar-refractivity contribution in [3.63, 3.8) is 0 Å². The Labute approximate surface area is 283 Å². The first-order valence-corrected chi connectivity index (χ1v) is 16.2. The normalized spacial score (nSPS) is 11.3. The zero-order valence-corrected chi connectivity index (χ0v) is 26.4. The summed E-state index contributed by atoms with van der Waals surface area (Å²) in [6.45, 7) is 0. The molecule has 0 spiro atoms. The SMILES string of the molecule is c1ccc(-c2ccc(-c3ccc4c(oc5ccccc54)c3-c3nc(-c4ccccc4)nc(-c4cccc(-c5ccccc5)c4)n3)nc2)cc1. The molecule has 0 saturated carbocycles. The number of pyridine rings is 1. The molecule has 0 radical (unpaired) electrons. The number of aromatic nitrogens is 4. The molecule has 5 heteroatoms. The summed E-state index contributed by atoms with van der Waals surface area (Å²) in [5.41, 5.74) is 10.1. The molecule has 49 heavy (non-hydrogen) atoms. The maximum absolute atomic E-state index is 6.63. The van der Waals surface area contributed by atoms with Gasteiger partial charge in [-0.15, -0.1) is 0 Å². The van der Waals surface area contributed by atoms with Crippen molar-refractivity contribution in [3.8, 4) is 67.7 Å². The maximum atomic E-state index is 6.63. The van der Waals surface area contributed by atoms with E-state index < -0.39 is 0 Å². The van der Waals surface area contributed by atoms with Gasteiger partial charge in [0, 0.05) is 39.2 Å². The molecule has 5 nitrogen and oxygen atoms in total. The van der Waals surface area contributed by atoms with E-state index in [2.05, 4.69) is 66.7 Å². The first-order chi connectivity index (χ1) is 24.3. The third-order valence-electron chi connectivity index (χ3n) is 8.81. The maximum Gasteiger partial charge on any atom is 0.168 e.